The van der Waals surface area contributed by atoms with Gasteiger partial charge in [-0.2, -0.15) is 0 Å². The summed E-state index contributed by atoms with van der Waals surface area (Å²) < 4.78 is 11.5. The zero-order valence-corrected chi connectivity index (χ0v) is 21.5. The average Bonchev–Trinajstić information content (AvgIpc) is 3.45. The van der Waals surface area contributed by atoms with Crippen molar-refractivity contribution in [2.45, 2.75) is 39.2 Å². The highest BCUT2D eigenvalue weighted by molar-refractivity contribution is 6.51. The maximum absolute atomic E-state index is 13.4. The van der Waals surface area contributed by atoms with Crippen LogP contribution in [0.3, 0.4) is 0 Å². The number of ether oxygens (including phenoxy) is 1. The lowest BCUT2D eigenvalue weighted by Gasteiger charge is -2.25. The van der Waals surface area contributed by atoms with Gasteiger partial charge in [-0.25, -0.2) is 0 Å². The fraction of sp³-hybridized carbons (Fsp3) is 0.310. The molecule has 1 aliphatic heterocycles. The first-order valence-corrected chi connectivity index (χ1v) is 11.9. The van der Waals surface area contributed by atoms with Gasteiger partial charge < -0.3 is 19.2 Å². The van der Waals surface area contributed by atoms with E-state index in [1.165, 1.54) is 11.2 Å². The molecule has 7 heteroatoms. The Balaban J connectivity index is 1.88. The smallest absolute Gasteiger partial charge is 0.300 e. The van der Waals surface area contributed by atoms with Crippen LogP contribution in [-0.4, -0.2) is 37.5 Å². The van der Waals surface area contributed by atoms with Gasteiger partial charge in [-0.3, -0.25) is 14.5 Å². The molecular formula is C29H32N2O5. The average molecular weight is 489 g/mol. The number of anilines is 2. The fourth-order valence-corrected chi connectivity index (χ4v) is 4.43. The number of carbonyl (C=O) groups excluding carboxylic acids is 2. The Morgan fingerprint density at radius 3 is 2.33 bits per heavy atom. The zero-order valence-electron chi connectivity index (χ0n) is 21.5. The second kappa shape index (κ2) is 9.57. The topological polar surface area (TPSA) is 83.2 Å². The predicted molar refractivity (Wildman–Crippen MR) is 141 cm³/mol. The second-order valence-corrected chi connectivity index (χ2v) is 9.99. The van der Waals surface area contributed by atoms with Crippen LogP contribution < -0.4 is 14.5 Å². The first kappa shape index (κ1) is 25.1. The second-order valence-electron chi connectivity index (χ2n) is 9.99. The van der Waals surface area contributed by atoms with Gasteiger partial charge in [0.25, 0.3) is 11.7 Å². The number of furan rings is 1. The van der Waals surface area contributed by atoms with E-state index < -0.39 is 17.7 Å². The lowest BCUT2D eigenvalue weighted by atomic mass is 9.84. The number of nitrogens with zero attached hydrogens (tertiary/aromatic N) is 2. The Hall–Kier alpha value is -4.00. The van der Waals surface area contributed by atoms with Crippen LogP contribution >= 0.6 is 0 Å². The van der Waals surface area contributed by atoms with Gasteiger partial charge in [0, 0.05) is 36.6 Å². The Labute approximate surface area is 211 Å². The number of carbonyl (C=O) groups is 2. The van der Waals surface area contributed by atoms with E-state index >= 15 is 0 Å². The van der Waals surface area contributed by atoms with Crippen molar-refractivity contribution in [1.29, 1.82) is 0 Å². The number of rotatable bonds is 6. The summed E-state index contributed by atoms with van der Waals surface area (Å²) in [6, 6.07) is 15.1. The highest BCUT2D eigenvalue weighted by Crippen LogP contribution is 2.43. The minimum absolute atomic E-state index is 0.0179. The van der Waals surface area contributed by atoms with Crippen molar-refractivity contribution in [3.05, 3.63) is 83.3 Å². The van der Waals surface area contributed by atoms with Gasteiger partial charge in [-0.05, 0) is 66.9 Å². The van der Waals surface area contributed by atoms with E-state index in [4.69, 9.17) is 9.15 Å². The summed E-state index contributed by atoms with van der Waals surface area (Å²) in [6.07, 6.45) is 1.49. The number of Topliss-reactive ketones (excluding diaryl/α,β-unsaturated/α-hetero) is 1. The molecule has 4 rings (SSSR count). The number of aliphatic hydroxyl groups excluding tert-OH is 1. The Bertz CT molecular complexity index is 1300. The van der Waals surface area contributed by atoms with Crippen LogP contribution in [0.15, 0.2) is 70.9 Å². The van der Waals surface area contributed by atoms with Gasteiger partial charge in [0.05, 0.1) is 18.4 Å². The maximum Gasteiger partial charge on any atom is 0.300 e. The van der Waals surface area contributed by atoms with Crippen LogP contribution in [0.2, 0.25) is 0 Å². The fourth-order valence-electron chi connectivity index (χ4n) is 4.43. The monoisotopic (exact) mass is 488 g/mol. The van der Waals surface area contributed by atoms with Crippen molar-refractivity contribution in [2.75, 3.05) is 30.5 Å². The number of hydrogen-bond donors (Lipinski definition) is 1. The number of amides is 1. The van der Waals surface area contributed by atoms with Crippen molar-refractivity contribution in [3.63, 3.8) is 0 Å². The summed E-state index contributed by atoms with van der Waals surface area (Å²) in [7, 11) is 3.85. The molecular weight excluding hydrogens is 456 g/mol. The Morgan fingerprint density at radius 1 is 1.08 bits per heavy atom. The van der Waals surface area contributed by atoms with Crippen molar-refractivity contribution >= 4 is 28.8 Å². The summed E-state index contributed by atoms with van der Waals surface area (Å²) in [5.74, 6) is -0.648. The predicted octanol–water partition coefficient (Wildman–Crippen LogP) is 5.67. The van der Waals surface area contributed by atoms with E-state index in [1.807, 2.05) is 64.9 Å². The zero-order chi connectivity index (χ0) is 26.2. The molecule has 1 amide bonds. The van der Waals surface area contributed by atoms with Crippen LogP contribution in [0.1, 0.15) is 50.6 Å². The molecule has 0 aliphatic carbocycles. The third-order valence-electron chi connectivity index (χ3n) is 6.26. The van der Waals surface area contributed by atoms with Crippen LogP contribution in [0, 0.1) is 0 Å². The van der Waals surface area contributed by atoms with Gasteiger partial charge in [0.15, 0.2) is 0 Å². The summed E-state index contributed by atoms with van der Waals surface area (Å²) >= 11 is 0. The molecule has 3 aromatic rings. The molecule has 1 aromatic heterocycles. The number of hydrogen-bond acceptors (Lipinski definition) is 6. The molecule has 2 aromatic carbocycles. The largest absolute Gasteiger partial charge is 0.507 e. The van der Waals surface area contributed by atoms with E-state index in [-0.39, 0.29) is 16.7 Å². The molecule has 188 valence electrons. The number of benzene rings is 2. The molecule has 1 fully saturated rings. The molecule has 1 atom stereocenters. The molecule has 0 saturated carbocycles. The van der Waals surface area contributed by atoms with E-state index in [2.05, 4.69) is 0 Å². The standard InChI is InChI=1S/C29H32N2O5/c1-7-35-22-15-10-18(17-21(22)29(2,3)4)26(32)24-25(23-9-8-16-36-23)31(28(34)27(24)33)20-13-11-19(12-14-20)30(5)6/h8-17,25,32H,7H2,1-6H3/b26-24-. The third kappa shape index (κ3) is 4.49. The molecule has 0 radical (unpaired) electrons. The molecule has 7 nitrogen and oxygen atoms in total. The first-order chi connectivity index (χ1) is 17.0. The van der Waals surface area contributed by atoms with E-state index in [9.17, 15) is 14.7 Å². The molecule has 0 bridgehead atoms. The highest BCUT2D eigenvalue weighted by atomic mass is 16.5. The molecule has 0 spiro atoms. The minimum atomic E-state index is -0.908. The van der Waals surface area contributed by atoms with Crippen LogP contribution in [-0.2, 0) is 15.0 Å². The van der Waals surface area contributed by atoms with Crippen molar-refractivity contribution in [2.24, 2.45) is 0 Å². The Morgan fingerprint density at radius 2 is 1.78 bits per heavy atom. The lowest BCUT2D eigenvalue weighted by Crippen LogP contribution is -2.29. The van der Waals surface area contributed by atoms with Crippen molar-refractivity contribution < 1.29 is 23.8 Å². The maximum atomic E-state index is 13.4. The van der Waals surface area contributed by atoms with Crippen molar-refractivity contribution in [1.82, 2.24) is 0 Å². The van der Waals surface area contributed by atoms with Gasteiger partial charge >= 0.3 is 0 Å². The van der Waals surface area contributed by atoms with Crippen LogP contribution in [0.4, 0.5) is 11.4 Å². The van der Waals surface area contributed by atoms with Gasteiger partial charge in [0.1, 0.15) is 23.3 Å². The summed E-state index contributed by atoms with van der Waals surface area (Å²) in [5.41, 5.74) is 2.51. The molecule has 1 aliphatic rings. The van der Waals surface area contributed by atoms with Gasteiger partial charge in [-0.1, -0.05) is 20.8 Å². The molecule has 1 N–H and O–H groups in total. The third-order valence-corrected chi connectivity index (χ3v) is 6.26. The molecule has 1 saturated heterocycles. The van der Waals surface area contributed by atoms with Crippen LogP contribution in [0.25, 0.3) is 5.76 Å². The number of aliphatic hydroxyl groups is 1. The quantitative estimate of drug-likeness (QED) is 0.274. The molecule has 36 heavy (non-hydrogen) atoms. The van der Waals surface area contributed by atoms with Crippen LogP contribution in [0.5, 0.6) is 5.75 Å². The summed E-state index contributed by atoms with van der Waals surface area (Å²) in [4.78, 5) is 30.0. The van der Waals surface area contributed by atoms with E-state index in [0.717, 1.165) is 11.3 Å². The normalized spacial score (nSPS) is 17.5. The number of ketones is 1. The van der Waals surface area contributed by atoms with E-state index in [0.29, 0.717) is 29.4 Å². The van der Waals surface area contributed by atoms with E-state index in [1.54, 1.807) is 36.4 Å². The van der Waals surface area contributed by atoms with Crippen molar-refractivity contribution in [3.8, 4) is 5.75 Å². The minimum Gasteiger partial charge on any atom is -0.507 e. The summed E-state index contributed by atoms with van der Waals surface area (Å²) in [6.45, 7) is 8.57. The SMILES string of the molecule is CCOc1ccc(/C(O)=C2/C(=O)C(=O)N(c3ccc(N(C)C)cc3)C2c2ccco2)cc1C(C)(C)C. The Kier molecular flexibility index (Phi) is 6.67. The molecule has 1 unspecified atom stereocenters. The lowest BCUT2D eigenvalue weighted by molar-refractivity contribution is -0.132. The first-order valence-electron chi connectivity index (χ1n) is 11.9. The van der Waals surface area contributed by atoms with Gasteiger partial charge in [-0.15, -0.1) is 0 Å². The van der Waals surface area contributed by atoms with Gasteiger partial charge in [0.2, 0.25) is 0 Å². The highest BCUT2D eigenvalue weighted by Gasteiger charge is 2.48. The summed E-state index contributed by atoms with van der Waals surface area (Å²) in [5, 5.41) is 11.5. The molecule has 2 heterocycles.